The molecule has 0 radical (unpaired) electrons. The van der Waals surface area contributed by atoms with E-state index in [2.05, 4.69) is 75.4 Å². The molecule has 0 heteroatoms. The predicted octanol–water partition coefficient (Wildman–Crippen LogP) is 7.45. The number of hydrogen-bond acceptors (Lipinski definition) is 0. The summed E-state index contributed by atoms with van der Waals surface area (Å²) in [5, 5.41) is 0. The maximum Gasteiger partial charge on any atom is -0.00616 e. The highest BCUT2D eigenvalue weighted by Crippen LogP contribution is 2.49. The molecule has 2 aromatic carbocycles. The second-order valence-electron chi connectivity index (χ2n) is 8.98. The average molecular weight is 359 g/mol. The first kappa shape index (κ1) is 18.5. The summed E-state index contributed by atoms with van der Waals surface area (Å²) >= 11 is 0. The fourth-order valence-electron chi connectivity index (χ4n) is 5.31. The quantitative estimate of drug-likeness (QED) is 0.487. The predicted molar refractivity (Wildman–Crippen MR) is 116 cm³/mol. The van der Waals surface area contributed by atoms with Crippen molar-refractivity contribution in [3.63, 3.8) is 0 Å². The highest BCUT2D eigenvalue weighted by molar-refractivity contribution is 5.35. The van der Waals surface area contributed by atoms with Gasteiger partial charge < -0.3 is 0 Å². The van der Waals surface area contributed by atoms with E-state index in [0.717, 1.165) is 18.3 Å². The summed E-state index contributed by atoms with van der Waals surface area (Å²) in [7, 11) is 0. The number of rotatable bonds is 5. The van der Waals surface area contributed by atoms with Crippen LogP contribution in [0, 0.1) is 11.8 Å². The van der Waals surface area contributed by atoms with Crippen LogP contribution in [0.15, 0.2) is 60.2 Å². The molecule has 4 rings (SSSR count). The zero-order chi connectivity index (χ0) is 18.8. The molecule has 0 bridgehead atoms. The Morgan fingerprint density at radius 2 is 1.56 bits per heavy atom. The Bertz CT molecular complexity index is 776. The standard InChI is InChI=1S/C27H34/c1-4-20-8-10-21(11-9-20)18-24-6-5-7-27-25(16-17-26(24)27)23-14-12-22(13-15-23)19(2)3/h8-15,17,19,24-25,27H,4-7,16,18H2,1-3H3. The molecule has 2 aromatic rings. The van der Waals surface area contributed by atoms with Gasteiger partial charge in [-0.2, -0.15) is 0 Å². The number of benzene rings is 2. The third kappa shape index (κ3) is 3.91. The molecular formula is C27H34. The van der Waals surface area contributed by atoms with Gasteiger partial charge in [-0.3, -0.25) is 0 Å². The summed E-state index contributed by atoms with van der Waals surface area (Å²) in [6, 6.07) is 18.9. The van der Waals surface area contributed by atoms with Crippen molar-refractivity contribution in [1.82, 2.24) is 0 Å². The molecule has 0 amide bonds. The van der Waals surface area contributed by atoms with Crippen LogP contribution >= 0.6 is 0 Å². The minimum atomic E-state index is 0.620. The molecule has 0 saturated heterocycles. The molecule has 0 nitrogen and oxygen atoms in total. The summed E-state index contributed by atoms with van der Waals surface area (Å²) in [6.07, 6.45) is 10.4. The molecule has 1 saturated carbocycles. The fourth-order valence-corrected chi connectivity index (χ4v) is 5.31. The van der Waals surface area contributed by atoms with Crippen LogP contribution in [0.5, 0.6) is 0 Å². The first-order chi connectivity index (χ1) is 13.2. The molecule has 142 valence electrons. The zero-order valence-corrected chi connectivity index (χ0v) is 17.2. The van der Waals surface area contributed by atoms with Gasteiger partial charge in [0.2, 0.25) is 0 Å². The van der Waals surface area contributed by atoms with Gasteiger partial charge in [0.15, 0.2) is 0 Å². The second-order valence-corrected chi connectivity index (χ2v) is 8.98. The minimum absolute atomic E-state index is 0.620. The Morgan fingerprint density at radius 3 is 2.22 bits per heavy atom. The highest BCUT2D eigenvalue weighted by atomic mass is 14.4. The van der Waals surface area contributed by atoms with Crippen molar-refractivity contribution in [2.75, 3.05) is 0 Å². The smallest absolute Gasteiger partial charge is 0.00616 e. The first-order valence-corrected chi connectivity index (χ1v) is 11.0. The molecule has 2 aliphatic carbocycles. The molecule has 0 aliphatic heterocycles. The van der Waals surface area contributed by atoms with Crippen LogP contribution in [0.3, 0.4) is 0 Å². The van der Waals surface area contributed by atoms with Gasteiger partial charge in [-0.15, -0.1) is 0 Å². The van der Waals surface area contributed by atoms with Crippen molar-refractivity contribution in [1.29, 1.82) is 0 Å². The van der Waals surface area contributed by atoms with Crippen LogP contribution in [0.1, 0.15) is 80.5 Å². The third-order valence-electron chi connectivity index (χ3n) is 7.01. The topological polar surface area (TPSA) is 0 Å². The van der Waals surface area contributed by atoms with Gasteiger partial charge in [0.25, 0.3) is 0 Å². The summed E-state index contributed by atoms with van der Waals surface area (Å²) in [5.41, 5.74) is 7.76. The zero-order valence-electron chi connectivity index (χ0n) is 17.2. The van der Waals surface area contributed by atoms with E-state index in [4.69, 9.17) is 0 Å². The molecule has 3 atom stereocenters. The van der Waals surface area contributed by atoms with Crippen molar-refractivity contribution < 1.29 is 0 Å². The molecule has 2 aliphatic rings. The second kappa shape index (κ2) is 8.05. The Labute approximate surface area is 165 Å². The van der Waals surface area contributed by atoms with Crippen molar-refractivity contribution in [3.8, 4) is 0 Å². The van der Waals surface area contributed by atoms with E-state index in [9.17, 15) is 0 Å². The van der Waals surface area contributed by atoms with Gasteiger partial charge >= 0.3 is 0 Å². The number of allylic oxidation sites excluding steroid dienone is 2. The molecule has 27 heavy (non-hydrogen) atoms. The van der Waals surface area contributed by atoms with Gasteiger partial charge in [0, 0.05) is 0 Å². The molecule has 0 heterocycles. The lowest BCUT2D eigenvalue weighted by Gasteiger charge is -2.33. The molecule has 0 N–H and O–H groups in total. The molecular weight excluding hydrogens is 324 g/mol. The Hall–Kier alpha value is -1.82. The Balaban J connectivity index is 1.47. The van der Waals surface area contributed by atoms with Crippen LogP contribution in [0.25, 0.3) is 0 Å². The molecule has 3 unspecified atom stereocenters. The van der Waals surface area contributed by atoms with E-state index in [1.807, 2.05) is 0 Å². The highest BCUT2D eigenvalue weighted by Gasteiger charge is 2.36. The SMILES string of the molecule is CCc1ccc(CC2CCCC3C2=CCC3c2ccc(C(C)C)cc2)cc1. The lowest BCUT2D eigenvalue weighted by Crippen LogP contribution is -2.22. The van der Waals surface area contributed by atoms with Crippen LogP contribution in [-0.4, -0.2) is 0 Å². The van der Waals surface area contributed by atoms with Crippen LogP contribution in [-0.2, 0) is 12.8 Å². The Morgan fingerprint density at radius 1 is 0.852 bits per heavy atom. The van der Waals surface area contributed by atoms with E-state index in [-0.39, 0.29) is 0 Å². The van der Waals surface area contributed by atoms with Gasteiger partial charge in [0.05, 0.1) is 0 Å². The first-order valence-electron chi connectivity index (χ1n) is 11.0. The van der Waals surface area contributed by atoms with E-state index in [1.165, 1.54) is 48.8 Å². The summed E-state index contributed by atoms with van der Waals surface area (Å²) < 4.78 is 0. The number of aryl methyl sites for hydroxylation is 1. The average Bonchev–Trinajstić information content (AvgIpc) is 3.14. The summed E-state index contributed by atoms with van der Waals surface area (Å²) in [6.45, 7) is 6.80. The summed E-state index contributed by atoms with van der Waals surface area (Å²) in [4.78, 5) is 0. The maximum atomic E-state index is 2.61. The van der Waals surface area contributed by atoms with Crippen molar-refractivity contribution >= 4 is 0 Å². The van der Waals surface area contributed by atoms with E-state index in [0.29, 0.717) is 11.8 Å². The molecule has 0 aromatic heterocycles. The fraction of sp³-hybridized carbons (Fsp3) is 0.481. The summed E-state index contributed by atoms with van der Waals surface area (Å²) in [5.74, 6) is 2.88. The van der Waals surface area contributed by atoms with Gasteiger partial charge in [-0.1, -0.05) is 87.4 Å². The lowest BCUT2D eigenvalue weighted by atomic mass is 9.71. The van der Waals surface area contributed by atoms with E-state index in [1.54, 1.807) is 11.1 Å². The van der Waals surface area contributed by atoms with Gasteiger partial charge in [-0.25, -0.2) is 0 Å². The molecule has 1 fully saturated rings. The van der Waals surface area contributed by atoms with Gasteiger partial charge in [0.1, 0.15) is 0 Å². The van der Waals surface area contributed by atoms with Crippen LogP contribution < -0.4 is 0 Å². The Kier molecular flexibility index (Phi) is 5.53. The van der Waals surface area contributed by atoms with Crippen molar-refractivity contribution in [2.45, 2.75) is 71.1 Å². The monoisotopic (exact) mass is 358 g/mol. The third-order valence-corrected chi connectivity index (χ3v) is 7.01. The number of hydrogen-bond donors (Lipinski definition) is 0. The number of fused-ring (bicyclic) bond motifs is 1. The van der Waals surface area contributed by atoms with Crippen LogP contribution in [0.2, 0.25) is 0 Å². The van der Waals surface area contributed by atoms with E-state index < -0.39 is 0 Å². The lowest BCUT2D eigenvalue weighted by molar-refractivity contribution is 0.345. The maximum absolute atomic E-state index is 2.61. The van der Waals surface area contributed by atoms with E-state index >= 15 is 0 Å². The largest absolute Gasteiger partial charge is 0.0841 e. The van der Waals surface area contributed by atoms with Gasteiger partial charge in [-0.05, 0) is 78.0 Å². The molecule has 0 spiro atoms. The van der Waals surface area contributed by atoms with Crippen LogP contribution in [0.4, 0.5) is 0 Å². The normalized spacial score (nSPS) is 24.7. The van der Waals surface area contributed by atoms with Crippen molar-refractivity contribution in [3.05, 3.63) is 82.4 Å². The van der Waals surface area contributed by atoms with Crippen molar-refractivity contribution in [2.24, 2.45) is 11.8 Å². The minimum Gasteiger partial charge on any atom is -0.0841 e.